The van der Waals surface area contributed by atoms with Crippen molar-refractivity contribution in [3.8, 4) is 5.75 Å². The first-order valence-corrected chi connectivity index (χ1v) is 10.2. The van der Waals surface area contributed by atoms with E-state index >= 15 is 0 Å². The van der Waals surface area contributed by atoms with Crippen LogP contribution in [0.1, 0.15) is 20.3 Å². The summed E-state index contributed by atoms with van der Waals surface area (Å²) in [6.45, 7) is 3.46. The first kappa shape index (κ1) is 19.8. The normalized spacial score (nSPS) is 16.1. The number of fused-ring (bicyclic) bond motifs is 1. The number of para-hydroxylation sites is 2. The third kappa shape index (κ3) is 4.68. The van der Waals surface area contributed by atoms with Crippen molar-refractivity contribution in [1.82, 2.24) is 4.72 Å². The first-order valence-electron chi connectivity index (χ1n) is 8.73. The van der Waals surface area contributed by atoms with Crippen LogP contribution in [-0.2, 0) is 19.6 Å². The molecule has 0 saturated carbocycles. The van der Waals surface area contributed by atoms with E-state index < -0.39 is 27.9 Å². The van der Waals surface area contributed by atoms with Gasteiger partial charge < -0.3 is 15.4 Å². The number of benzene rings is 2. The lowest BCUT2D eigenvalue weighted by Gasteiger charge is -2.25. The lowest BCUT2D eigenvalue weighted by molar-refractivity contribution is -0.128. The van der Waals surface area contributed by atoms with Gasteiger partial charge in [0.05, 0.1) is 17.0 Å². The predicted molar refractivity (Wildman–Crippen MR) is 105 cm³/mol. The van der Waals surface area contributed by atoms with E-state index in [-0.39, 0.29) is 17.4 Å². The van der Waals surface area contributed by atoms with Gasteiger partial charge in [-0.3, -0.25) is 9.59 Å². The van der Waals surface area contributed by atoms with E-state index in [9.17, 15) is 18.0 Å². The van der Waals surface area contributed by atoms with E-state index in [1.54, 1.807) is 38.1 Å². The quantitative estimate of drug-likeness (QED) is 0.684. The number of amides is 2. The smallest absolute Gasteiger partial charge is 0.266 e. The van der Waals surface area contributed by atoms with Crippen LogP contribution in [0.3, 0.4) is 0 Å². The third-order valence-electron chi connectivity index (χ3n) is 3.92. The summed E-state index contributed by atoms with van der Waals surface area (Å²) in [5.41, 5.74) is 0.987. The molecule has 1 aliphatic heterocycles. The highest BCUT2D eigenvalue weighted by atomic mass is 32.2. The van der Waals surface area contributed by atoms with Gasteiger partial charge in [-0.1, -0.05) is 12.1 Å². The van der Waals surface area contributed by atoms with Gasteiger partial charge in [-0.25, -0.2) is 13.1 Å². The average Bonchev–Trinajstić information content (AvgIpc) is 2.61. The lowest BCUT2D eigenvalue weighted by Crippen LogP contribution is -2.39. The number of ether oxygens (including phenoxy) is 1. The van der Waals surface area contributed by atoms with Crippen LogP contribution in [0.4, 0.5) is 11.4 Å². The number of rotatable bonds is 6. The molecule has 3 rings (SSSR count). The number of hydrogen-bond acceptors (Lipinski definition) is 5. The second-order valence-corrected chi connectivity index (χ2v) is 8.36. The molecule has 0 aliphatic carbocycles. The summed E-state index contributed by atoms with van der Waals surface area (Å²) < 4.78 is 32.3. The van der Waals surface area contributed by atoms with Crippen molar-refractivity contribution in [3.05, 3.63) is 48.5 Å². The van der Waals surface area contributed by atoms with Crippen LogP contribution in [0.25, 0.3) is 0 Å². The number of sulfonamides is 1. The molecule has 28 heavy (non-hydrogen) atoms. The second-order valence-electron chi connectivity index (χ2n) is 6.64. The molecule has 0 bridgehead atoms. The van der Waals surface area contributed by atoms with E-state index in [0.717, 1.165) is 0 Å². The molecule has 0 aromatic heterocycles. The molecule has 2 amide bonds. The van der Waals surface area contributed by atoms with Gasteiger partial charge in [-0.05, 0) is 50.2 Å². The zero-order valence-electron chi connectivity index (χ0n) is 15.4. The summed E-state index contributed by atoms with van der Waals surface area (Å²) in [5, 5.41) is 5.34. The van der Waals surface area contributed by atoms with Gasteiger partial charge >= 0.3 is 0 Å². The molecular formula is C19H21N3O5S. The standard InChI is InChI=1S/C19H21N3O5S/c1-12(2)22-28(25,26)14-9-7-13(8-10-14)20-18(23)11-17-19(24)21-15-5-3-4-6-16(15)27-17/h3-10,12,17,22H,11H2,1-2H3,(H,20,23)(H,21,24)/t17-/m1/s1. The number of nitrogens with one attached hydrogen (secondary N) is 3. The topological polar surface area (TPSA) is 114 Å². The van der Waals surface area contributed by atoms with Crippen molar-refractivity contribution < 1.29 is 22.7 Å². The molecule has 8 nitrogen and oxygen atoms in total. The minimum absolute atomic E-state index is 0.103. The monoisotopic (exact) mass is 403 g/mol. The number of carbonyl (C=O) groups is 2. The van der Waals surface area contributed by atoms with Crippen molar-refractivity contribution in [2.24, 2.45) is 0 Å². The number of carbonyl (C=O) groups excluding carboxylic acids is 2. The van der Waals surface area contributed by atoms with Gasteiger partial charge in [-0.2, -0.15) is 0 Å². The minimum atomic E-state index is -3.60. The van der Waals surface area contributed by atoms with Crippen molar-refractivity contribution in [3.63, 3.8) is 0 Å². The van der Waals surface area contributed by atoms with Crippen molar-refractivity contribution >= 4 is 33.2 Å². The Morgan fingerprint density at radius 3 is 2.50 bits per heavy atom. The van der Waals surface area contributed by atoms with Crippen LogP contribution in [0.5, 0.6) is 5.75 Å². The van der Waals surface area contributed by atoms with Crippen molar-refractivity contribution in [1.29, 1.82) is 0 Å². The van der Waals surface area contributed by atoms with E-state index in [1.807, 2.05) is 0 Å². The zero-order chi connectivity index (χ0) is 20.3. The first-order chi connectivity index (χ1) is 13.2. The Morgan fingerprint density at radius 2 is 1.82 bits per heavy atom. The maximum Gasteiger partial charge on any atom is 0.266 e. The van der Waals surface area contributed by atoms with E-state index in [4.69, 9.17) is 4.74 Å². The molecule has 0 radical (unpaired) electrons. The molecular weight excluding hydrogens is 382 g/mol. The van der Waals surface area contributed by atoms with Gasteiger partial charge in [0, 0.05) is 11.7 Å². The van der Waals surface area contributed by atoms with Crippen LogP contribution < -0.4 is 20.1 Å². The van der Waals surface area contributed by atoms with Crippen molar-refractivity contribution in [2.75, 3.05) is 10.6 Å². The van der Waals surface area contributed by atoms with Crippen LogP contribution >= 0.6 is 0 Å². The highest BCUT2D eigenvalue weighted by Crippen LogP contribution is 2.29. The maximum atomic E-state index is 12.3. The van der Waals surface area contributed by atoms with Gasteiger partial charge in [0.15, 0.2) is 6.10 Å². The molecule has 148 valence electrons. The molecule has 3 N–H and O–H groups in total. The molecule has 1 atom stereocenters. The Kier molecular flexibility index (Phi) is 5.66. The Balaban J connectivity index is 1.62. The van der Waals surface area contributed by atoms with E-state index in [1.165, 1.54) is 24.3 Å². The predicted octanol–water partition coefficient (Wildman–Crippen LogP) is 2.10. The largest absolute Gasteiger partial charge is 0.478 e. The van der Waals surface area contributed by atoms with E-state index in [2.05, 4.69) is 15.4 Å². The van der Waals surface area contributed by atoms with Gasteiger partial charge in [0.25, 0.3) is 5.91 Å². The summed E-state index contributed by atoms with van der Waals surface area (Å²) in [4.78, 5) is 24.5. The van der Waals surface area contributed by atoms with Crippen LogP contribution in [0.15, 0.2) is 53.4 Å². The van der Waals surface area contributed by atoms with Crippen LogP contribution in [0, 0.1) is 0 Å². The highest BCUT2D eigenvalue weighted by Gasteiger charge is 2.29. The molecule has 0 saturated heterocycles. The molecule has 9 heteroatoms. The summed E-state index contributed by atoms with van der Waals surface area (Å²) in [6.07, 6.45) is -1.11. The van der Waals surface area contributed by atoms with Gasteiger partial charge in [0.1, 0.15) is 5.75 Å². The summed E-state index contributed by atoms with van der Waals surface area (Å²) >= 11 is 0. The highest BCUT2D eigenvalue weighted by molar-refractivity contribution is 7.89. The van der Waals surface area contributed by atoms with Gasteiger partial charge in [-0.15, -0.1) is 0 Å². The Bertz CT molecular complexity index is 987. The fourth-order valence-electron chi connectivity index (χ4n) is 2.70. The molecule has 0 fully saturated rings. The molecule has 1 heterocycles. The SMILES string of the molecule is CC(C)NS(=O)(=O)c1ccc(NC(=O)C[C@H]2Oc3ccccc3NC2=O)cc1. The summed E-state index contributed by atoms with van der Waals surface area (Å²) in [7, 11) is -3.60. The van der Waals surface area contributed by atoms with Gasteiger partial charge in [0.2, 0.25) is 15.9 Å². The fraction of sp³-hybridized carbons (Fsp3) is 0.263. The molecule has 0 unspecified atom stereocenters. The minimum Gasteiger partial charge on any atom is -0.478 e. The second kappa shape index (κ2) is 7.99. The Morgan fingerprint density at radius 1 is 1.14 bits per heavy atom. The summed E-state index contributed by atoms with van der Waals surface area (Å²) in [5.74, 6) is -0.308. The fourth-order valence-corrected chi connectivity index (χ4v) is 3.95. The molecule has 2 aromatic carbocycles. The summed E-state index contributed by atoms with van der Waals surface area (Å²) in [6, 6.07) is 12.5. The molecule has 2 aromatic rings. The number of hydrogen-bond donors (Lipinski definition) is 3. The molecule has 1 aliphatic rings. The third-order valence-corrected chi connectivity index (χ3v) is 5.59. The average molecular weight is 403 g/mol. The Hall–Kier alpha value is -2.91. The lowest BCUT2D eigenvalue weighted by atomic mass is 10.1. The van der Waals surface area contributed by atoms with Crippen LogP contribution in [-0.4, -0.2) is 32.4 Å². The molecule has 0 spiro atoms. The van der Waals surface area contributed by atoms with E-state index in [0.29, 0.717) is 17.1 Å². The van der Waals surface area contributed by atoms with Crippen molar-refractivity contribution in [2.45, 2.75) is 37.3 Å². The maximum absolute atomic E-state index is 12.3. The van der Waals surface area contributed by atoms with Crippen LogP contribution in [0.2, 0.25) is 0 Å². The number of anilines is 2. The Labute approximate surface area is 163 Å². The zero-order valence-corrected chi connectivity index (χ0v) is 16.2.